The van der Waals surface area contributed by atoms with Crippen LogP contribution in [0.15, 0.2) is 27.6 Å². The molecule has 1 aromatic carbocycles. The average molecular weight is 395 g/mol. The molecule has 1 aliphatic rings. The first-order chi connectivity index (χ1) is 9.75. The molecule has 1 amide bonds. The molecule has 1 saturated heterocycles. The molecule has 2 rings (SSSR count). The SMILES string of the molecule is CCC1CCC(C)N1C(=O)c1cc(S(=O)(=O)Cl)ccc1Br. The van der Waals surface area contributed by atoms with Crippen molar-refractivity contribution in [1.82, 2.24) is 4.90 Å². The fourth-order valence-corrected chi connectivity index (χ4v) is 3.99. The monoisotopic (exact) mass is 393 g/mol. The van der Waals surface area contributed by atoms with Crippen LogP contribution < -0.4 is 0 Å². The van der Waals surface area contributed by atoms with Crippen molar-refractivity contribution in [3.8, 4) is 0 Å². The number of hydrogen-bond acceptors (Lipinski definition) is 3. The Hall–Kier alpha value is -0.590. The van der Waals surface area contributed by atoms with Gasteiger partial charge in [0.15, 0.2) is 0 Å². The van der Waals surface area contributed by atoms with E-state index >= 15 is 0 Å². The minimum atomic E-state index is -3.85. The van der Waals surface area contributed by atoms with Crippen LogP contribution in [0, 0.1) is 0 Å². The van der Waals surface area contributed by atoms with E-state index in [-0.39, 0.29) is 22.9 Å². The van der Waals surface area contributed by atoms with Gasteiger partial charge in [-0.3, -0.25) is 4.79 Å². The minimum Gasteiger partial charge on any atom is -0.333 e. The third-order valence-electron chi connectivity index (χ3n) is 3.94. The molecular formula is C14H17BrClNO3S. The molecule has 7 heteroatoms. The van der Waals surface area contributed by atoms with Crippen LogP contribution in [0.5, 0.6) is 0 Å². The maximum Gasteiger partial charge on any atom is 0.261 e. The quantitative estimate of drug-likeness (QED) is 0.733. The predicted molar refractivity (Wildman–Crippen MR) is 86.1 cm³/mol. The summed E-state index contributed by atoms with van der Waals surface area (Å²) in [4.78, 5) is 14.6. The third-order valence-corrected chi connectivity index (χ3v) is 5.98. The van der Waals surface area contributed by atoms with Crippen LogP contribution in [-0.4, -0.2) is 31.3 Å². The fraction of sp³-hybridized carbons (Fsp3) is 0.500. The number of halogens is 2. The highest BCUT2D eigenvalue weighted by Crippen LogP contribution is 2.31. The molecule has 1 heterocycles. The van der Waals surface area contributed by atoms with Gasteiger partial charge >= 0.3 is 0 Å². The number of carbonyl (C=O) groups is 1. The lowest BCUT2D eigenvalue weighted by Crippen LogP contribution is -2.39. The average Bonchev–Trinajstić information content (AvgIpc) is 2.78. The van der Waals surface area contributed by atoms with Crippen molar-refractivity contribution in [3.63, 3.8) is 0 Å². The maximum absolute atomic E-state index is 12.8. The number of carbonyl (C=O) groups excluding carboxylic acids is 1. The first-order valence-electron chi connectivity index (χ1n) is 6.82. The standard InChI is InChI=1S/C14H17BrClNO3S/c1-3-10-5-4-9(2)17(10)14(18)12-8-11(21(16,19)20)6-7-13(12)15/h6-10H,3-5H2,1-2H3. The van der Waals surface area contributed by atoms with Crippen molar-refractivity contribution in [2.45, 2.75) is 50.1 Å². The molecule has 0 radical (unpaired) electrons. The summed E-state index contributed by atoms with van der Waals surface area (Å²) in [5.74, 6) is -0.152. The Bertz CT molecular complexity index is 662. The second-order valence-corrected chi connectivity index (χ2v) is 8.70. The fourth-order valence-electron chi connectivity index (χ4n) is 2.80. The summed E-state index contributed by atoms with van der Waals surface area (Å²) in [6.07, 6.45) is 2.84. The van der Waals surface area contributed by atoms with Crippen LogP contribution >= 0.6 is 26.6 Å². The Labute approximate surface area is 138 Å². The van der Waals surface area contributed by atoms with E-state index in [1.807, 2.05) is 11.8 Å². The van der Waals surface area contributed by atoms with Crippen LogP contribution in [0.4, 0.5) is 0 Å². The summed E-state index contributed by atoms with van der Waals surface area (Å²) in [6.45, 7) is 4.07. The van der Waals surface area contributed by atoms with Gasteiger partial charge in [0.2, 0.25) is 0 Å². The molecule has 0 spiro atoms. The molecule has 4 nitrogen and oxygen atoms in total. The van der Waals surface area contributed by atoms with Crippen molar-refractivity contribution in [1.29, 1.82) is 0 Å². The Balaban J connectivity index is 2.43. The lowest BCUT2D eigenvalue weighted by molar-refractivity contribution is 0.0675. The van der Waals surface area contributed by atoms with E-state index in [1.165, 1.54) is 12.1 Å². The molecule has 0 saturated carbocycles. The van der Waals surface area contributed by atoms with Crippen LogP contribution in [0.1, 0.15) is 43.5 Å². The molecule has 0 aliphatic carbocycles. The summed E-state index contributed by atoms with van der Waals surface area (Å²) in [5.41, 5.74) is 0.337. The highest BCUT2D eigenvalue weighted by Gasteiger charge is 2.34. The van der Waals surface area contributed by atoms with Gasteiger partial charge in [-0.05, 0) is 60.3 Å². The van der Waals surface area contributed by atoms with Gasteiger partial charge in [-0.25, -0.2) is 8.42 Å². The zero-order valence-electron chi connectivity index (χ0n) is 11.8. The predicted octanol–water partition coefficient (Wildman–Crippen LogP) is 3.78. The Morgan fingerprint density at radius 3 is 2.67 bits per heavy atom. The largest absolute Gasteiger partial charge is 0.333 e. The van der Waals surface area contributed by atoms with E-state index in [2.05, 4.69) is 22.9 Å². The number of hydrogen-bond donors (Lipinski definition) is 0. The van der Waals surface area contributed by atoms with E-state index in [4.69, 9.17) is 10.7 Å². The topological polar surface area (TPSA) is 54.5 Å². The van der Waals surface area contributed by atoms with Crippen molar-refractivity contribution in [2.75, 3.05) is 0 Å². The molecule has 1 aliphatic heterocycles. The van der Waals surface area contributed by atoms with Gasteiger partial charge in [0.25, 0.3) is 15.0 Å². The normalized spacial score (nSPS) is 22.6. The number of likely N-dealkylation sites (tertiary alicyclic amines) is 1. The van der Waals surface area contributed by atoms with Crippen molar-refractivity contribution < 1.29 is 13.2 Å². The summed E-state index contributed by atoms with van der Waals surface area (Å²) in [5, 5.41) is 0. The molecule has 1 aromatic rings. The van der Waals surface area contributed by atoms with Crippen molar-refractivity contribution in [3.05, 3.63) is 28.2 Å². The minimum absolute atomic E-state index is 0.0596. The van der Waals surface area contributed by atoms with Crippen LogP contribution in [0.2, 0.25) is 0 Å². The molecule has 1 fully saturated rings. The number of rotatable bonds is 3. The summed E-state index contributed by atoms with van der Waals surface area (Å²) < 4.78 is 23.5. The molecule has 2 unspecified atom stereocenters. The number of benzene rings is 1. The highest BCUT2D eigenvalue weighted by atomic mass is 79.9. The van der Waals surface area contributed by atoms with Crippen molar-refractivity contribution in [2.24, 2.45) is 0 Å². The van der Waals surface area contributed by atoms with Crippen LogP contribution in [0.25, 0.3) is 0 Å². The lowest BCUT2D eigenvalue weighted by Gasteiger charge is -2.28. The highest BCUT2D eigenvalue weighted by molar-refractivity contribution is 9.10. The smallest absolute Gasteiger partial charge is 0.261 e. The van der Waals surface area contributed by atoms with E-state index < -0.39 is 9.05 Å². The van der Waals surface area contributed by atoms with Crippen LogP contribution in [0.3, 0.4) is 0 Å². The van der Waals surface area contributed by atoms with E-state index in [0.29, 0.717) is 10.0 Å². The zero-order valence-corrected chi connectivity index (χ0v) is 15.0. The zero-order chi connectivity index (χ0) is 15.8. The Morgan fingerprint density at radius 2 is 2.10 bits per heavy atom. The third kappa shape index (κ3) is 3.43. The van der Waals surface area contributed by atoms with Gasteiger partial charge in [0.05, 0.1) is 10.5 Å². The van der Waals surface area contributed by atoms with Crippen LogP contribution in [-0.2, 0) is 9.05 Å². The van der Waals surface area contributed by atoms with Gasteiger partial charge in [0.1, 0.15) is 0 Å². The second-order valence-electron chi connectivity index (χ2n) is 5.28. The van der Waals surface area contributed by atoms with E-state index in [1.54, 1.807) is 6.07 Å². The first-order valence-corrected chi connectivity index (χ1v) is 9.92. The molecule has 2 atom stereocenters. The van der Waals surface area contributed by atoms with Gasteiger partial charge in [-0.1, -0.05) is 6.92 Å². The molecular weight excluding hydrogens is 378 g/mol. The summed E-state index contributed by atoms with van der Waals surface area (Å²) in [6, 6.07) is 4.63. The molecule has 0 N–H and O–H groups in total. The van der Waals surface area contributed by atoms with Gasteiger partial charge in [0, 0.05) is 27.2 Å². The Kier molecular flexibility index (Phi) is 5.00. The lowest BCUT2D eigenvalue weighted by atomic mass is 10.1. The summed E-state index contributed by atoms with van der Waals surface area (Å²) in [7, 11) is 1.51. The van der Waals surface area contributed by atoms with Gasteiger partial charge in [-0.15, -0.1) is 0 Å². The first kappa shape index (κ1) is 16.8. The van der Waals surface area contributed by atoms with E-state index in [0.717, 1.165) is 19.3 Å². The van der Waals surface area contributed by atoms with Gasteiger partial charge < -0.3 is 4.90 Å². The number of amides is 1. The molecule has 21 heavy (non-hydrogen) atoms. The molecule has 0 bridgehead atoms. The molecule has 0 aromatic heterocycles. The summed E-state index contributed by atoms with van der Waals surface area (Å²) >= 11 is 3.32. The number of nitrogens with zero attached hydrogens (tertiary/aromatic N) is 1. The Morgan fingerprint density at radius 1 is 1.43 bits per heavy atom. The molecule has 116 valence electrons. The maximum atomic E-state index is 12.8. The van der Waals surface area contributed by atoms with E-state index in [9.17, 15) is 13.2 Å². The van der Waals surface area contributed by atoms with Gasteiger partial charge in [-0.2, -0.15) is 0 Å². The van der Waals surface area contributed by atoms with Crippen molar-refractivity contribution >= 4 is 41.6 Å². The second kappa shape index (κ2) is 6.26.